The molecule has 0 bridgehead atoms. The van der Waals surface area contributed by atoms with Gasteiger partial charge >= 0.3 is 6.03 Å². The van der Waals surface area contributed by atoms with Crippen LogP contribution in [0.15, 0.2) is 22.2 Å². The molecule has 8 heteroatoms. The van der Waals surface area contributed by atoms with E-state index in [4.69, 9.17) is 9.47 Å². The lowest BCUT2D eigenvalue weighted by Crippen LogP contribution is -2.51. The zero-order valence-corrected chi connectivity index (χ0v) is 14.2. The lowest BCUT2D eigenvalue weighted by molar-refractivity contribution is -0.123. The highest BCUT2D eigenvalue weighted by Crippen LogP contribution is 2.35. The molecule has 1 aromatic carbocycles. The monoisotopic (exact) mass is 382 g/mol. The van der Waals surface area contributed by atoms with E-state index in [9.17, 15) is 14.4 Å². The van der Waals surface area contributed by atoms with E-state index in [1.807, 2.05) is 24.5 Å². The Hall–Kier alpha value is -2.35. The van der Waals surface area contributed by atoms with Gasteiger partial charge in [-0.05, 0) is 37.6 Å². The fourth-order valence-corrected chi connectivity index (χ4v) is 2.40. The van der Waals surface area contributed by atoms with Crippen LogP contribution in [0.25, 0.3) is 6.08 Å². The van der Waals surface area contributed by atoms with Crippen LogP contribution in [0, 0.1) is 0 Å². The van der Waals surface area contributed by atoms with Crippen molar-refractivity contribution < 1.29 is 23.9 Å². The van der Waals surface area contributed by atoms with Crippen LogP contribution in [-0.4, -0.2) is 31.1 Å². The second-order valence-corrected chi connectivity index (χ2v) is 5.34. The molecule has 7 nitrogen and oxygen atoms in total. The number of urea groups is 1. The number of rotatable bonds is 5. The zero-order chi connectivity index (χ0) is 17.0. The third kappa shape index (κ3) is 3.89. The fourth-order valence-electron chi connectivity index (χ4n) is 1.96. The normalized spacial score (nSPS) is 14.2. The largest absolute Gasteiger partial charge is 0.490 e. The maximum Gasteiger partial charge on any atom is 0.328 e. The minimum Gasteiger partial charge on any atom is -0.490 e. The standard InChI is InChI=1S/C15H15BrN2O5/c1-3-22-11-6-8(10(16)7-12(11)23-4-2)5-9-13(19)17-15(21)18-14(9)20/h5-7H,3-4H2,1-2H3,(H2,17,18,19,20,21). The highest BCUT2D eigenvalue weighted by Gasteiger charge is 2.28. The van der Waals surface area contributed by atoms with E-state index in [0.29, 0.717) is 34.7 Å². The van der Waals surface area contributed by atoms with Crippen molar-refractivity contribution in [3.05, 3.63) is 27.7 Å². The van der Waals surface area contributed by atoms with Crippen molar-refractivity contribution in [1.82, 2.24) is 10.6 Å². The van der Waals surface area contributed by atoms with Gasteiger partial charge in [0.05, 0.1) is 13.2 Å². The summed E-state index contributed by atoms with van der Waals surface area (Å²) in [6, 6.07) is 2.52. The number of carbonyl (C=O) groups is 3. The second-order valence-electron chi connectivity index (χ2n) is 4.48. The average molecular weight is 383 g/mol. The summed E-state index contributed by atoms with van der Waals surface area (Å²) in [7, 11) is 0. The van der Waals surface area contributed by atoms with Gasteiger partial charge in [0, 0.05) is 4.47 Å². The highest BCUT2D eigenvalue weighted by molar-refractivity contribution is 9.10. The van der Waals surface area contributed by atoms with E-state index < -0.39 is 17.8 Å². The van der Waals surface area contributed by atoms with Gasteiger partial charge < -0.3 is 9.47 Å². The Morgan fingerprint density at radius 3 is 2.04 bits per heavy atom. The number of hydrogen-bond donors (Lipinski definition) is 2. The van der Waals surface area contributed by atoms with Crippen molar-refractivity contribution in [3.8, 4) is 11.5 Å². The molecule has 1 aromatic rings. The molecule has 4 amide bonds. The molecule has 1 heterocycles. The van der Waals surface area contributed by atoms with Gasteiger partial charge in [0.15, 0.2) is 11.5 Å². The third-order valence-corrected chi connectivity index (χ3v) is 3.59. The van der Waals surface area contributed by atoms with Crippen molar-refractivity contribution in [2.45, 2.75) is 13.8 Å². The first-order valence-electron chi connectivity index (χ1n) is 6.93. The first-order chi connectivity index (χ1) is 11.0. The minimum absolute atomic E-state index is 0.170. The van der Waals surface area contributed by atoms with E-state index in [1.165, 1.54) is 6.08 Å². The SMILES string of the molecule is CCOc1cc(Br)c(C=C2C(=O)NC(=O)NC2=O)cc1OCC. The van der Waals surface area contributed by atoms with Gasteiger partial charge in [-0.25, -0.2) is 4.79 Å². The molecule has 23 heavy (non-hydrogen) atoms. The van der Waals surface area contributed by atoms with Gasteiger partial charge in [0.2, 0.25) is 0 Å². The Morgan fingerprint density at radius 2 is 1.52 bits per heavy atom. The van der Waals surface area contributed by atoms with Crippen molar-refractivity contribution in [2.24, 2.45) is 0 Å². The number of hydrogen-bond acceptors (Lipinski definition) is 5. The number of benzene rings is 1. The van der Waals surface area contributed by atoms with E-state index in [0.717, 1.165) is 0 Å². The van der Waals surface area contributed by atoms with Gasteiger partial charge in [-0.1, -0.05) is 15.9 Å². The number of carbonyl (C=O) groups excluding carboxylic acids is 3. The Morgan fingerprint density at radius 1 is 1.00 bits per heavy atom. The predicted molar refractivity (Wildman–Crippen MR) is 86.1 cm³/mol. The summed E-state index contributed by atoms with van der Waals surface area (Å²) in [5.41, 5.74) is 0.378. The number of nitrogens with one attached hydrogen (secondary N) is 2. The second kappa shape index (κ2) is 7.28. The van der Waals surface area contributed by atoms with Gasteiger partial charge in [-0.2, -0.15) is 0 Å². The summed E-state index contributed by atoms with van der Waals surface area (Å²) in [5, 5.41) is 4.04. The molecule has 0 aliphatic carbocycles. The van der Waals surface area contributed by atoms with E-state index in [-0.39, 0.29) is 5.57 Å². The van der Waals surface area contributed by atoms with Gasteiger partial charge in [0.1, 0.15) is 5.57 Å². The van der Waals surface area contributed by atoms with Crippen LogP contribution < -0.4 is 20.1 Å². The fraction of sp³-hybridized carbons (Fsp3) is 0.267. The molecule has 1 aliphatic rings. The van der Waals surface area contributed by atoms with Crippen LogP contribution in [-0.2, 0) is 9.59 Å². The molecule has 2 rings (SSSR count). The van der Waals surface area contributed by atoms with Crippen LogP contribution in [0.2, 0.25) is 0 Å². The Labute approximate surface area is 141 Å². The maximum atomic E-state index is 11.8. The van der Waals surface area contributed by atoms with Crippen LogP contribution in [0.3, 0.4) is 0 Å². The third-order valence-electron chi connectivity index (χ3n) is 2.91. The zero-order valence-electron chi connectivity index (χ0n) is 12.6. The quantitative estimate of drug-likeness (QED) is 0.599. The van der Waals surface area contributed by atoms with Gasteiger partial charge in [0.25, 0.3) is 11.8 Å². The molecular formula is C15H15BrN2O5. The van der Waals surface area contributed by atoms with Crippen molar-refractivity contribution in [2.75, 3.05) is 13.2 Å². The van der Waals surface area contributed by atoms with Crippen molar-refractivity contribution in [3.63, 3.8) is 0 Å². The summed E-state index contributed by atoms with van der Waals surface area (Å²) >= 11 is 3.37. The lowest BCUT2D eigenvalue weighted by atomic mass is 10.1. The molecular weight excluding hydrogens is 368 g/mol. The highest BCUT2D eigenvalue weighted by atomic mass is 79.9. The molecule has 122 valence electrons. The maximum absolute atomic E-state index is 11.8. The minimum atomic E-state index is -0.835. The van der Waals surface area contributed by atoms with E-state index in [1.54, 1.807) is 12.1 Å². The summed E-state index contributed by atoms with van der Waals surface area (Å²) in [5.74, 6) is -0.455. The van der Waals surface area contributed by atoms with Crippen LogP contribution in [0.1, 0.15) is 19.4 Å². The molecule has 0 atom stereocenters. The molecule has 0 spiro atoms. The van der Waals surface area contributed by atoms with Gasteiger partial charge in [-0.15, -0.1) is 0 Å². The number of barbiturate groups is 1. The number of imide groups is 2. The smallest absolute Gasteiger partial charge is 0.328 e. The molecule has 0 radical (unpaired) electrons. The Bertz CT molecular complexity index is 677. The predicted octanol–water partition coefficient (Wildman–Crippen LogP) is 2.00. The molecule has 1 fully saturated rings. The van der Waals surface area contributed by atoms with Crippen LogP contribution in [0.5, 0.6) is 11.5 Å². The van der Waals surface area contributed by atoms with E-state index in [2.05, 4.69) is 15.9 Å². The topological polar surface area (TPSA) is 93.7 Å². The molecule has 0 saturated carbocycles. The first kappa shape index (κ1) is 17.0. The molecule has 2 N–H and O–H groups in total. The van der Waals surface area contributed by atoms with Crippen LogP contribution >= 0.6 is 15.9 Å². The molecule has 1 aliphatic heterocycles. The molecule has 0 aromatic heterocycles. The van der Waals surface area contributed by atoms with Crippen molar-refractivity contribution in [1.29, 1.82) is 0 Å². The summed E-state index contributed by atoms with van der Waals surface area (Å²) in [6.45, 7) is 4.60. The van der Waals surface area contributed by atoms with E-state index >= 15 is 0 Å². The molecule has 1 saturated heterocycles. The Kier molecular flexibility index (Phi) is 5.38. The summed E-state index contributed by atoms with van der Waals surface area (Å²) in [6.07, 6.45) is 1.37. The van der Waals surface area contributed by atoms with Crippen LogP contribution in [0.4, 0.5) is 4.79 Å². The lowest BCUT2D eigenvalue weighted by Gasteiger charge is -2.16. The number of halogens is 1. The van der Waals surface area contributed by atoms with Crippen molar-refractivity contribution >= 4 is 39.9 Å². The van der Waals surface area contributed by atoms with Gasteiger partial charge in [-0.3, -0.25) is 20.2 Å². The number of amides is 4. The summed E-state index contributed by atoms with van der Waals surface area (Å²) < 4.78 is 11.6. The average Bonchev–Trinajstić information content (AvgIpc) is 2.47. The first-order valence-corrected chi connectivity index (χ1v) is 7.73. The number of ether oxygens (including phenoxy) is 2. The summed E-state index contributed by atoms with van der Waals surface area (Å²) in [4.78, 5) is 34.6. The Balaban J connectivity index is 2.44. The molecule has 0 unspecified atom stereocenters.